The van der Waals surface area contributed by atoms with Crippen molar-refractivity contribution >= 4 is 74.2 Å². The molecule has 3 heterocycles. The molecule has 0 aliphatic heterocycles. The lowest BCUT2D eigenvalue weighted by atomic mass is 10.0. The fourth-order valence-corrected chi connectivity index (χ4v) is 8.91. The van der Waals surface area contributed by atoms with Gasteiger partial charge in [-0.15, -0.1) is 22.7 Å². The second-order valence-corrected chi connectivity index (χ2v) is 14.6. The van der Waals surface area contributed by atoms with E-state index in [1.54, 1.807) is 11.3 Å². The third kappa shape index (κ3) is 5.87. The summed E-state index contributed by atoms with van der Waals surface area (Å²) in [7, 11) is 0. The molecule has 0 saturated carbocycles. The molecule has 242 valence electrons. The van der Waals surface area contributed by atoms with Crippen molar-refractivity contribution < 1.29 is 0 Å². The summed E-state index contributed by atoms with van der Waals surface area (Å²) in [4.78, 5) is 15.0. The quantitative estimate of drug-likeness (QED) is 0.156. The number of benzene rings is 6. The van der Waals surface area contributed by atoms with Crippen LogP contribution in [0.5, 0.6) is 0 Å². The molecule has 0 aliphatic carbocycles. The van der Waals surface area contributed by atoms with Crippen molar-refractivity contribution in [2.45, 2.75) is 6.92 Å². The Morgan fingerprint density at radius 3 is 1.71 bits per heavy atom. The van der Waals surface area contributed by atoms with Gasteiger partial charge in [0, 0.05) is 57.0 Å². The first-order valence-corrected chi connectivity index (χ1v) is 18.5. The van der Waals surface area contributed by atoms with Crippen LogP contribution >= 0.6 is 22.7 Å². The van der Waals surface area contributed by atoms with Crippen molar-refractivity contribution in [2.75, 3.05) is 0 Å². The molecule has 0 amide bonds. The monoisotopic (exact) mass is 689 g/mol. The normalized spacial score (nSPS) is 12.1. The van der Waals surface area contributed by atoms with E-state index in [9.17, 15) is 0 Å². The first-order chi connectivity index (χ1) is 25.1. The van der Waals surface area contributed by atoms with Gasteiger partial charge in [0.15, 0.2) is 17.5 Å². The number of hydrogen-bond acceptors (Lipinski definition) is 5. The van der Waals surface area contributed by atoms with E-state index < -0.39 is 0 Å². The average molecular weight is 690 g/mol. The van der Waals surface area contributed by atoms with Crippen LogP contribution in [-0.4, -0.2) is 15.0 Å². The van der Waals surface area contributed by atoms with Gasteiger partial charge in [0.05, 0.1) is 0 Å². The van der Waals surface area contributed by atoms with Crippen LogP contribution in [0.15, 0.2) is 164 Å². The van der Waals surface area contributed by atoms with E-state index in [4.69, 9.17) is 15.0 Å². The summed E-state index contributed by atoms with van der Waals surface area (Å²) in [6.07, 6.45) is 6.26. The number of allylic oxidation sites excluding steroid dienone is 5. The maximum absolute atomic E-state index is 5.03. The van der Waals surface area contributed by atoms with Crippen molar-refractivity contribution in [3.8, 4) is 33.9 Å². The van der Waals surface area contributed by atoms with E-state index in [0.717, 1.165) is 27.8 Å². The highest BCUT2D eigenvalue weighted by molar-refractivity contribution is 7.26. The SMILES string of the molecule is C=C(/C=C\C(=C/C)c1ccc2c(c1)sc1ccccc12)c1nc(-c2ccc(-c3ccccc3)cc2)nc(-c2ccc3c(c2)sc2ccccc23)n1. The van der Waals surface area contributed by atoms with E-state index in [1.807, 2.05) is 23.5 Å². The highest BCUT2D eigenvalue weighted by Gasteiger charge is 2.15. The predicted octanol–water partition coefficient (Wildman–Crippen LogP) is 13.3. The summed E-state index contributed by atoms with van der Waals surface area (Å²) in [5, 5.41) is 5.10. The molecule has 0 aliphatic rings. The van der Waals surface area contributed by atoms with Gasteiger partial charge < -0.3 is 0 Å². The molecule has 51 heavy (non-hydrogen) atoms. The zero-order chi connectivity index (χ0) is 34.3. The van der Waals surface area contributed by atoms with Gasteiger partial charge in [-0.1, -0.05) is 140 Å². The maximum atomic E-state index is 5.03. The van der Waals surface area contributed by atoms with Crippen LogP contribution in [0.3, 0.4) is 0 Å². The molecule has 3 aromatic heterocycles. The van der Waals surface area contributed by atoms with Crippen LogP contribution in [-0.2, 0) is 0 Å². The van der Waals surface area contributed by atoms with Gasteiger partial charge in [0.1, 0.15) is 0 Å². The van der Waals surface area contributed by atoms with Crippen LogP contribution in [0.2, 0.25) is 0 Å². The van der Waals surface area contributed by atoms with Gasteiger partial charge in [0.2, 0.25) is 0 Å². The Morgan fingerprint density at radius 1 is 0.490 bits per heavy atom. The molecule has 0 saturated heterocycles. The summed E-state index contributed by atoms with van der Waals surface area (Å²) in [5.74, 6) is 1.78. The summed E-state index contributed by atoms with van der Waals surface area (Å²) in [6.45, 7) is 6.51. The largest absolute Gasteiger partial charge is 0.208 e. The van der Waals surface area contributed by atoms with Crippen LogP contribution in [0.4, 0.5) is 0 Å². The van der Waals surface area contributed by atoms with E-state index in [-0.39, 0.29) is 0 Å². The van der Waals surface area contributed by atoms with Crippen molar-refractivity contribution in [3.63, 3.8) is 0 Å². The molecule has 0 atom stereocenters. The number of fused-ring (bicyclic) bond motifs is 6. The van der Waals surface area contributed by atoms with Crippen LogP contribution in [0.25, 0.3) is 85.4 Å². The van der Waals surface area contributed by atoms with Crippen molar-refractivity contribution in [1.29, 1.82) is 0 Å². The molecule has 0 spiro atoms. The van der Waals surface area contributed by atoms with E-state index in [0.29, 0.717) is 23.0 Å². The van der Waals surface area contributed by atoms with Gasteiger partial charge in [-0.25, -0.2) is 15.0 Å². The fraction of sp³-hybridized carbons (Fsp3) is 0.0217. The Kier molecular flexibility index (Phi) is 7.92. The minimum Gasteiger partial charge on any atom is -0.208 e. The van der Waals surface area contributed by atoms with Crippen molar-refractivity contribution in [3.05, 3.63) is 176 Å². The van der Waals surface area contributed by atoms with E-state index in [2.05, 4.69) is 159 Å². The Morgan fingerprint density at radius 2 is 1.02 bits per heavy atom. The summed E-state index contributed by atoms with van der Waals surface area (Å²) in [5.41, 5.74) is 7.16. The Balaban J connectivity index is 1.09. The molecule has 0 N–H and O–H groups in total. The Hall–Kier alpha value is -6.01. The van der Waals surface area contributed by atoms with E-state index in [1.165, 1.54) is 45.9 Å². The Bertz CT molecular complexity index is 2820. The molecule has 9 rings (SSSR count). The second kappa shape index (κ2) is 13.0. The molecule has 6 aromatic carbocycles. The molecule has 9 aromatic rings. The van der Waals surface area contributed by atoms with Crippen LogP contribution in [0.1, 0.15) is 18.3 Å². The zero-order valence-corrected chi connectivity index (χ0v) is 29.5. The number of rotatable bonds is 7. The lowest BCUT2D eigenvalue weighted by Crippen LogP contribution is -2.02. The van der Waals surface area contributed by atoms with Gasteiger partial charge in [-0.05, 0) is 53.5 Å². The van der Waals surface area contributed by atoms with Crippen molar-refractivity contribution in [1.82, 2.24) is 15.0 Å². The minimum absolute atomic E-state index is 0.547. The fourth-order valence-electron chi connectivity index (χ4n) is 6.61. The second-order valence-electron chi connectivity index (χ2n) is 12.5. The van der Waals surface area contributed by atoms with Crippen LogP contribution in [0, 0.1) is 0 Å². The summed E-state index contributed by atoms with van der Waals surface area (Å²) >= 11 is 3.62. The highest BCUT2D eigenvalue weighted by Crippen LogP contribution is 2.37. The summed E-state index contributed by atoms with van der Waals surface area (Å²) < 4.78 is 5.06. The standard InChI is InChI=1S/C46H31N3S2/c1-3-30(34-23-25-38-36-13-7-9-15-40(36)50-42(38)27-34)18-17-29(2)44-47-45(33-21-19-32(20-22-33)31-11-5-4-6-12-31)49-46(48-44)35-24-26-39-37-14-8-10-16-41(37)51-43(39)28-35/h3-28H,2H2,1H3/b18-17-,30-3+. The third-order valence-corrected chi connectivity index (χ3v) is 11.6. The number of aromatic nitrogens is 3. The smallest absolute Gasteiger partial charge is 0.164 e. The molecule has 0 unspecified atom stereocenters. The average Bonchev–Trinajstić information content (AvgIpc) is 3.76. The topological polar surface area (TPSA) is 38.7 Å². The molecule has 0 bridgehead atoms. The maximum Gasteiger partial charge on any atom is 0.164 e. The van der Waals surface area contributed by atoms with Gasteiger partial charge in [0.25, 0.3) is 0 Å². The third-order valence-electron chi connectivity index (χ3n) is 9.30. The van der Waals surface area contributed by atoms with Gasteiger partial charge in [-0.3, -0.25) is 0 Å². The summed E-state index contributed by atoms with van der Waals surface area (Å²) in [6, 6.07) is 49.1. The zero-order valence-electron chi connectivity index (χ0n) is 27.9. The molecular weight excluding hydrogens is 659 g/mol. The lowest BCUT2D eigenvalue weighted by molar-refractivity contribution is 1.04. The minimum atomic E-state index is 0.547. The molecule has 0 fully saturated rings. The lowest BCUT2D eigenvalue weighted by Gasteiger charge is -2.10. The highest BCUT2D eigenvalue weighted by atomic mass is 32.1. The Labute approximate surface area is 304 Å². The van der Waals surface area contributed by atoms with Crippen LogP contribution < -0.4 is 0 Å². The first kappa shape index (κ1) is 31.0. The first-order valence-electron chi connectivity index (χ1n) is 16.9. The number of nitrogens with zero attached hydrogens (tertiary/aromatic N) is 3. The molecular formula is C46H31N3S2. The predicted molar refractivity (Wildman–Crippen MR) is 220 cm³/mol. The van der Waals surface area contributed by atoms with E-state index >= 15 is 0 Å². The number of thiophene rings is 2. The molecule has 0 radical (unpaired) electrons. The van der Waals surface area contributed by atoms with Crippen molar-refractivity contribution in [2.24, 2.45) is 0 Å². The number of hydrogen-bond donors (Lipinski definition) is 0. The molecule has 5 heteroatoms. The van der Waals surface area contributed by atoms with Gasteiger partial charge >= 0.3 is 0 Å². The molecule has 3 nitrogen and oxygen atoms in total. The van der Waals surface area contributed by atoms with Gasteiger partial charge in [-0.2, -0.15) is 0 Å².